The van der Waals surface area contributed by atoms with Crippen LogP contribution in [-0.4, -0.2) is 0 Å². The van der Waals surface area contributed by atoms with E-state index in [2.05, 4.69) is 103 Å². The molecular weight excluding hydrogens is 430 g/mol. The van der Waals surface area contributed by atoms with Crippen molar-refractivity contribution in [1.29, 1.82) is 0 Å². The van der Waals surface area contributed by atoms with Gasteiger partial charge in [0.2, 0.25) is 0 Å². The molecule has 4 heteroatoms. The summed E-state index contributed by atoms with van der Waals surface area (Å²) in [6.45, 7) is 8.97. The molecule has 1 aliphatic carbocycles. The summed E-state index contributed by atoms with van der Waals surface area (Å²) in [6.07, 6.45) is 3.51. The van der Waals surface area contributed by atoms with Gasteiger partial charge in [-0.1, -0.05) is 0 Å². The monoisotopic (exact) mass is 454 g/mol. The molecule has 2 aromatic rings. The third-order valence-electron chi connectivity index (χ3n) is 4.87. The van der Waals surface area contributed by atoms with Crippen LogP contribution in [0.1, 0.15) is 48.4 Å². The quantitative estimate of drug-likeness (QED) is 0.438. The number of hydrogen-bond acceptors (Lipinski definition) is 0. The Morgan fingerprint density at radius 2 is 1.30 bits per heavy atom. The first kappa shape index (κ1) is 26.5. The largest absolute Gasteiger partial charge is 1.00 e. The minimum atomic E-state index is 0. The molecule has 142 valence electrons. The summed E-state index contributed by atoms with van der Waals surface area (Å²) in [6, 6.07) is 18.0. The van der Waals surface area contributed by atoms with Crippen LogP contribution in [0.5, 0.6) is 0 Å². The van der Waals surface area contributed by atoms with Crippen LogP contribution < -0.4 is 37.2 Å². The maximum atomic E-state index is 2.44. The molecule has 0 atom stereocenters. The van der Waals surface area contributed by atoms with E-state index in [0.717, 1.165) is 6.42 Å². The zero-order valence-electron chi connectivity index (χ0n) is 16.2. The van der Waals surface area contributed by atoms with E-state index in [9.17, 15) is 0 Å². The molecule has 27 heavy (non-hydrogen) atoms. The number of aryl methyl sites for hydroxylation is 2. The Balaban J connectivity index is 0.00000225. The predicted molar refractivity (Wildman–Crippen MR) is 98.8 cm³/mol. The topological polar surface area (TPSA) is 0 Å². The number of halogens is 3. The van der Waals surface area contributed by atoms with Gasteiger partial charge in [0.05, 0.1) is 0 Å². The molecule has 0 unspecified atom stereocenters. The molecule has 0 aliphatic heterocycles. The van der Waals surface area contributed by atoms with Crippen molar-refractivity contribution in [3.8, 4) is 0 Å². The van der Waals surface area contributed by atoms with E-state index in [4.69, 9.17) is 0 Å². The van der Waals surface area contributed by atoms with Gasteiger partial charge in [-0.25, -0.2) is 0 Å². The van der Waals surface area contributed by atoms with E-state index in [1.165, 1.54) is 31.7 Å². The van der Waals surface area contributed by atoms with E-state index < -0.39 is 0 Å². The summed E-state index contributed by atoms with van der Waals surface area (Å²) in [5.74, 6) is 0.954. The van der Waals surface area contributed by atoms with Gasteiger partial charge in [0.1, 0.15) is 0 Å². The summed E-state index contributed by atoms with van der Waals surface area (Å²) in [4.78, 5) is 0. The summed E-state index contributed by atoms with van der Waals surface area (Å²) in [5, 5.41) is 0. The minimum Gasteiger partial charge on any atom is -1.00 e. The molecule has 0 N–H and O–H groups in total. The number of rotatable bonds is 4. The van der Waals surface area contributed by atoms with E-state index in [1.807, 2.05) is 0 Å². The average molecular weight is 456 g/mol. The molecule has 0 radical (unpaired) electrons. The van der Waals surface area contributed by atoms with Gasteiger partial charge in [-0.3, -0.25) is 0 Å². The average Bonchev–Trinajstić information content (AvgIpc) is 2.90. The van der Waals surface area contributed by atoms with Gasteiger partial charge in [-0.2, -0.15) is 0 Å². The Labute approximate surface area is 194 Å². The molecule has 0 saturated heterocycles. The molecule has 0 spiro atoms. The Hall–Kier alpha value is -0.496. The van der Waals surface area contributed by atoms with Crippen LogP contribution in [0.3, 0.4) is 0 Å². The molecule has 0 bridgehead atoms. The van der Waals surface area contributed by atoms with Crippen molar-refractivity contribution in [3.63, 3.8) is 0 Å². The van der Waals surface area contributed by atoms with E-state index in [-0.39, 0.29) is 37.2 Å². The number of allylic oxidation sites excluding steroid dienone is 4. The predicted octanol–water partition coefficient (Wildman–Crippen LogP) is -2.77. The minimum absolute atomic E-state index is 0. The molecular formula is C23H25Cl3Ti. The van der Waals surface area contributed by atoms with Crippen molar-refractivity contribution >= 4 is 0 Å². The molecule has 0 nitrogen and oxygen atoms in total. The van der Waals surface area contributed by atoms with Crippen LogP contribution in [0.15, 0.2) is 69.6 Å². The maximum Gasteiger partial charge on any atom is -1.00 e. The van der Waals surface area contributed by atoms with Gasteiger partial charge in [0.15, 0.2) is 0 Å². The van der Waals surface area contributed by atoms with Crippen LogP contribution in [-0.2, 0) is 20.4 Å². The second-order valence-corrected chi connectivity index (χ2v) is 7.96. The van der Waals surface area contributed by atoms with Gasteiger partial charge in [-0.15, -0.1) is 0 Å². The first-order valence-corrected chi connectivity index (χ1v) is 9.53. The van der Waals surface area contributed by atoms with E-state index in [0.29, 0.717) is 11.8 Å². The Morgan fingerprint density at radius 3 is 1.67 bits per heavy atom. The molecule has 1 aliphatic rings. The van der Waals surface area contributed by atoms with Crippen LogP contribution >= 0.6 is 0 Å². The van der Waals surface area contributed by atoms with Crippen molar-refractivity contribution in [3.05, 3.63) is 91.9 Å². The second-order valence-electron chi connectivity index (χ2n) is 7.18. The SMILES string of the molecule is Cc1cccc(C(C2=[C]([Ti+3])C(C(C)C)=CC2)c2cccc(C)c2)c1.[Cl-].[Cl-].[Cl-]. The Kier molecular flexibility index (Phi) is 11.3. The van der Waals surface area contributed by atoms with E-state index in [1.54, 1.807) is 5.57 Å². The first-order valence-electron chi connectivity index (χ1n) is 8.75. The molecule has 3 rings (SSSR count). The van der Waals surface area contributed by atoms with Crippen LogP contribution in [0.4, 0.5) is 0 Å². The molecule has 0 amide bonds. The second kappa shape index (κ2) is 11.5. The summed E-state index contributed by atoms with van der Waals surface area (Å²) in [5.41, 5.74) is 8.57. The number of hydrogen-bond donors (Lipinski definition) is 0. The van der Waals surface area contributed by atoms with Crippen molar-refractivity contribution in [2.24, 2.45) is 5.92 Å². The summed E-state index contributed by atoms with van der Waals surface area (Å²) < 4.78 is 1.50. The van der Waals surface area contributed by atoms with Gasteiger partial charge in [0, 0.05) is 0 Å². The van der Waals surface area contributed by atoms with E-state index >= 15 is 0 Å². The van der Waals surface area contributed by atoms with Gasteiger partial charge < -0.3 is 37.2 Å². The molecule has 0 fully saturated rings. The molecule has 0 saturated carbocycles. The first-order chi connectivity index (χ1) is 11.5. The van der Waals surface area contributed by atoms with Gasteiger partial charge >= 0.3 is 158 Å². The van der Waals surface area contributed by atoms with Crippen LogP contribution in [0.2, 0.25) is 0 Å². The fourth-order valence-electron chi connectivity index (χ4n) is 3.69. The zero-order valence-corrected chi connectivity index (χ0v) is 20.0. The maximum absolute atomic E-state index is 2.44. The van der Waals surface area contributed by atoms with Crippen molar-refractivity contribution in [2.75, 3.05) is 0 Å². The smallest absolute Gasteiger partial charge is 1.00 e. The standard InChI is InChI=1S/C23H25.3ClH.Ti/c1-16(2)19-11-12-22(15-19)23(20-9-5-7-17(3)13-20)21-10-6-8-18(4)14-21;;;;/h5-11,13-14,16,23H,12H2,1-4H3;3*1H;/q;;;;+3/p-3. The fourth-order valence-corrected chi connectivity index (χ4v) is 4.69. The molecule has 2 aromatic carbocycles. The summed E-state index contributed by atoms with van der Waals surface area (Å²) >= 11 is 2.31. The normalized spacial score (nSPS) is 13.1. The van der Waals surface area contributed by atoms with Crippen molar-refractivity contribution in [2.45, 2.75) is 40.0 Å². The van der Waals surface area contributed by atoms with Crippen LogP contribution in [0, 0.1) is 19.8 Å². The van der Waals surface area contributed by atoms with Gasteiger partial charge in [-0.05, 0) is 0 Å². The zero-order chi connectivity index (χ0) is 17.3. The Morgan fingerprint density at radius 1 is 0.815 bits per heavy atom. The fraction of sp³-hybridized carbons (Fsp3) is 0.304. The summed E-state index contributed by atoms with van der Waals surface area (Å²) in [7, 11) is 0. The Bertz CT molecular complexity index is 776. The van der Waals surface area contributed by atoms with Crippen molar-refractivity contribution in [1.82, 2.24) is 0 Å². The van der Waals surface area contributed by atoms with Crippen LogP contribution in [0.25, 0.3) is 0 Å². The molecule has 0 heterocycles. The third-order valence-corrected chi connectivity index (χ3v) is 5.83. The number of benzene rings is 2. The molecule has 0 aromatic heterocycles. The van der Waals surface area contributed by atoms with Gasteiger partial charge in [0.25, 0.3) is 0 Å². The van der Waals surface area contributed by atoms with Crippen molar-refractivity contribution < 1.29 is 57.7 Å². The third kappa shape index (κ3) is 5.99.